The average molecular weight is 803 g/mol. The van der Waals surface area contributed by atoms with Crippen molar-refractivity contribution in [3.63, 3.8) is 0 Å². The number of phenolic OH excluding ortho intramolecular Hbond substituents is 2. The van der Waals surface area contributed by atoms with Gasteiger partial charge in [-0.3, -0.25) is 0 Å². The van der Waals surface area contributed by atoms with Gasteiger partial charge in [-0.05, 0) is 181 Å². The van der Waals surface area contributed by atoms with E-state index in [9.17, 15) is 10.2 Å². The van der Waals surface area contributed by atoms with Crippen LogP contribution in [-0.2, 0) is 5.41 Å². The van der Waals surface area contributed by atoms with Crippen LogP contribution in [0, 0.1) is 0 Å². The fraction of sp³-hybridized carbons (Fsp3) is 0.0164. The van der Waals surface area contributed by atoms with Gasteiger partial charge in [-0.15, -0.1) is 0 Å². The second-order valence-electron chi connectivity index (χ2n) is 17.2. The molecule has 13 rings (SSSR count). The Hall–Kier alpha value is -8.20. The van der Waals surface area contributed by atoms with Crippen molar-refractivity contribution in [3.8, 4) is 44.9 Å². The van der Waals surface area contributed by atoms with Crippen LogP contribution < -0.4 is 0 Å². The quantitative estimate of drug-likeness (QED) is 0.174. The van der Waals surface area contributed by atoms with Crippen molar-refractivity contribution in [3.05, 3.63) is 241 Å². The fourth-order valence-corrected chi connectivity index (χ4v) is 11.0. The minimum atomic E-state index is -0.721. The van der Waals surface area contributed by atoms with E-state index in [2.05, 4.69) is 182 Å². The van der Waals surface area contributed by atoms with E-state index in [0.717, 1.165) is 32.7 Å². The molecule has 63 heavy (non-hydrogen) atoms. The van der Waals surface area contributed by atoms with Gasteiger partial charge in [0.25, 0.3) is 0 Å². The van der Waals surface area contributed by atoms with Crippen molar-refractivity contribution >= 4 is 64.6 Å². The van der Waals surface area contributed by atoms with Crippen molar-refractivity contribution in [1.82, 2.24) is 0 Å². The van der Waals surface area contributed by atoms with Crippen LogP contribution >= 0.6 is 0 Å². The van der Waals surface area contributed by atoms with Gasteiger partial charge >= 0.3 is 0 Å². The monoisotopic (exact) mass is 802 g/mol. The lowest BCUT2D eigenvalue weighted by Gasteiger charge is -2.34. The molecule has 0 aliphatic heterocycles. The maximum atomic E-state index is 10.5. The highest BCUT2D eigenvalue weighted by Gasteiger charge is 2.46. The molecule has 12 aromatic rings. The molecule has 2 heteroatoms. The zero-order valence-corrected chi connectivity index (χ0v) is 34.2. The van der Waals surface area contributed by atoms with E-state index in [0.29, 0.717) is 0 Å². The maximum absolute atomic E-state index is 10.5. The fourth-order valence-electron chi connectivity index (χ4n) is 11.0. The molecule has 1 aliphatic rings. The lowest BCUT2D eigenvalue weighted by atomic mass is 9.67. The van der Waals surface area contributed by atoms with Crippen molar-refractivity contribution < 1.29 is 10.2 Å². The van der Waals surface area contributed by atoms with Gasteiger partial charge in [0.1, 0.15) is 11.5 Å². The first-order valence-electron chi connectivity index (χ1n) is 21.6. The van der Waals surface area contributed by atoms with Gasteiger partial charge in [0.2, 0.25) is 0 Å². The standard InChI is InChI=1S/C61H38O2/c62-49-25-19-37-31-47(23-17-39(37)33-49)61(48-24-18-40-34-50(63)26-20-38(40)32-48)57-27-21-45(59-51-13-5-1-9-41(51)29-42-10-2-6-14-52(42)59)35-55(57)56-36-46(22-28-58(56)61)60-53-15-7-3-11-43(53)30-44-12-4-8-16-54(44)60/h1-36,62-63H. The third-order valence-corrected chi connectivity index (χ3v) is 13.8. The Morgan fingerprint density at radius 3 is 1.02 bits per heavy atom. The average Bonchev–Trinajstić information content (AvgIpc) is 3.61. The third kappa shape index (κ3) is 5.25. The first kappa shape index (κ1) is 35.5. The summed E-state index contributed by atoms with van der Waals surface area (Å²) in [6.07, 6.45) is 0. The Bertz CT molecular complexity index is 3530. The first-order chi connectivity index (χ1) is 31.0. The number of fused-ring (bicyclic) bond motifs is 9. The van der Waals surface area contributed by atoms with Gasteiger partial charge in [-0.2, -0.15) is 0 Å². The molecular formula is C61H38O2. The predicted octanol–water partition coefficient (Wildman–Crippen LogP) is 15.7. The Kier molecular flexibility index (Phi) is 7.56. The van der Waals surface area contributed by atoms with E-state index in [4.69, 9.17) is 0 Å². The van der Waals surface area contributed by atoms with E-state index in [-0.39, 0.29) is 11.5 Å². The normalized spacial score (nSPS) is 13.0. The van der Waals surface area contributed by atoms with Crippen molar-refractivity contribution in [2.75, 3.05) is 0 Å². The SMILES string of the molecule is Oc1ccc2cc(C3(c4ccc5cc(O)ccc5c4)c4ccc(-c5c6ccccc6cc6ccccc56)cc4-c4cc(-c5c6ccccc6cc6ccccc56)ccc43)ccc2c1. The van der Waals surface area contributed by atoms with Gasteiger partial charge in [-0.25, -0.2) is 0 Å². The number of hydrogen-bond acceptors (Lipinski definition) is 2. The highest BCUT2D eigenvalue weighted by Crippen LogP contribution is 2.58. The molecule has 0 saturated carbocycles. The molecule has 0 atom stereocenters. The minimum absolute atomic E-state index is 0.251. The molecule has 0 amide bonds. The number of phenols is 2. The molecule has 0 fully saturated rings. The Labute approximate surface area is 364 Å². The van der Waals surface area contributed by atoms with Crippen molar-refractivity contribution in [2.45, 2.75) is 5.41 Å². The van der Waals surface area contributed by atoms with Crippen LogP contribution in [0.1, 0.15) is 22.3 Å². The van der Waals surface area contributed by atoms with E-state index >= 15 is 0 Å². The van der Waals surface area contributed by atoms with Gasteiger partial charge < -0.3 is 10.2 Å². The molecule has 0 saturated heterocycles. The summed E-state index contributed by atoms with van der Waals surface area (Å²) in [5, 5.41) is 34.9. The second-order valence-corrected chi connectivity index (χ2v) is 17.2. The zero-order valence-electron chi connectivity index (χ0n) is 34.2. The van der Waals surface area contributed by atoms with Gasteiger partial charge in [0.05, 0.1) is 5.41 Å². The molecule has 0 spiro atoms. The van der Waals surface area contributed by atoms with Gasteiger partial charge in [0, 0.05) is 0 Å². The summed E-state index contributed by atoms with van der Waals surface area (Å²) >= 11 is 0. The first-order valence-corrected chi connectivity index (χ1v) is 21.6. The second kappa shape index (κ2) is 13.4. The predicted molar refractivity (Wildman–Crippen MR) is 263 cm³/mol. The molecule has 12 aromatic carbocycles. The van der Waals surface area contributed by atoms with E-state index in [1.807, 2.05) is 24.3 Å². The molecule has 0 radical (unpaired) electrons. The number of aromatic hydroxyl groups is 2. The Morgan fingerprint density at radius 2 is 0.619 bits per heavy atom. The number of rotatable bonds is 4. The summed E-state index contributed by atoms with van der Waals surface area (Å²) in [4.78, 5) is 0. The minimum Gasteiger partial charge on any atom is -0.508 e. The summed E-state index contributed by atoms with van der Waals surface area (Å²) in [6, 6.07) is 78.7. The summed E-state index contributed by atoms with van der Waals surface area (Å²) in [5.41, 5.74) is 11.2. The number of hydrogen-bond donors (Lipinski definition) is 2. The van der Waals surface area contributed by atoms with Crippen LogP contribution in [0.15, 0.2) is 218 Å². The van der Waals surface area contributed by atoms with E-state index < -0.39 is 5.41 Å². The van der Waals surface area contributed by atoms with Crippen LogP contribution in [0.5, 0.6) is 11.5 Å². The van der Waals surface area contributed by atoms with Gasteiger partial charge in [0.15, 0.2) is 0 Å². The molecule has 0 aromatic heterocycles. The summed E-state index contributed by atoms with van der Waals surface area (Å²) < 4.78 is 0. The van der Waals surface area contributed by atoms with Crippen LogP contribution in [0.2, 0.25) is 0 Å². The lowest BCUT2D eigenvalue weighted by Crippen LogP contribution is -2.28. The van der Waals surface area contributed by atoms with Crippen LogP contribution in [-0.4, -0.2) is 10.2 Å². The lowest BCUT2D eigenvalue weighted by molar-refractivity contribution is 0.475. The summed E-state index contributed by atoms with van der Waals surface area (Å²) in [5.74, 6) is 0.502. The number of benzene rings is 12. The van der Waals surface area contributed by atoms with E-state index in [1.54, 1.807) is 12.1 Å². The zero-order chi connectivity index (χ0) is 41.8. The molecule has 0 bridgehead atoms. The van der Waals surface area contributed by atoms with Crippen molar-refractivity contribution in [1.29, 1.82) is 0 Å². The topological polar surface area (TPSA) is 40.5 Å². The molecule has 0 heterocycles. The largest absolute Gasteiger partial charge is 0.508 e. The molecule has 0 unspecified atom stereocenters. The van der Waals surface area contributed by atoms with Crippen LogP contribution in [0.4, 0.5) is 0 Å². The highest BCUT2D eigenvalue weighted by molar-refractivity contribution is 6.15. The Morgan fingerprint density at radius 1 is 0.270 bits per heavy atom. The molecule has 2 N–H and O–H groups in total. The van der Waals surface area contributed by atoms with Gasteiger partial charge in [-0.1, -0.05) is 158 Å². The van der Waals surface area contributed by atoms with Crippen LogP contribution in [0.3, 0.4) is 0 Å². The molecule has 1 aliphatic carbocycles. The van der Waals surface area contributed by atoms with Crippen LogP contribution in [0.25, 0.3) is 98.0 Å². The Balaban J connectivity index is 1.17. The summed E-state index contributed by atoms with van der Waals surface area (Å²) in [7, 11) is 0. The molecule has 2 nitrogen and oxygen atoms in total. The summed E-state index contributed by atoms with van der Waals surface area (Å²) in [6.45, 7) is 0. The van der Waals surface area contributed by atoms with E-state index in [1.165, 1.54) is 87.6 Å². The van der Waals surface area contributed by atoms with Crippen molar-refractivity contribution in [2.24, 2.45) is 0 Å². The molecule has 294 valence electrons. The third-order valence-electron chi connectivity index (χ3n) is 13.8. The highest BCUT2D eigenvalue weighted by atomic mass is 16.3. The smallest absolute Gasteiger partial charge is 0.116 e. The maximum Gasteiger partial charge on any atom is 0.116 e. The molecular weight excluding hydrogens is 765 g/mol.